The predicted octanol–water partition coefficient (Wildman–Crippen LogP) is 3.67. The molecular weight excluding hydrogens is 361 g/mol. The molecule has 1 aliphatic rings. The summed E-state index contributed by atoms with van der Waals surface area (Å²) in [5.41, 5.74) is -0.355. The van der Waals surface area contributed by atoms with Gasteiger partial charge in [0.2, 0.25) is 0 Å². The van der Waals surface area contributed by atoms with Gasteiger partial charge in [0.05, 0.1) is 34.8 Å². The van der Waals surface area contributed by atoms with Crippen molar-refractivity contribution in [2.75, 3.05) is 7.11 Å². The van der Waals surface area contributed by atoms with Crippen molar-refractivity contribution >= 4 is 17.0 Å². The predicted molar refractivity (Wildman–Crippen MR) is 91.7 cm³/mol. The second-order valence-corrected chi connectivity index (χ2v) is 6.60. The minimum atomic E-state index is -4.49. The van der Waals surface area contributed by atoms with Crippen molar-refractivity contribution in [3.05, 3.63) is 69.6 Å². The lowest BCUT2D eigenvalue weighted by molar-refractivity contribution is -0.137. The number of aromatic nitrogens is 2. The molecule has 1 N–H and O–H groups in total. The third-order valence-corrected chi connectivity index (χ3v) is 4.98. The zero-order chi connectivity index (χ0) is 19.4. The number of alkyl halides is 3. The summed E-state index contributed by atoms with van der Waals surface area (Å²) in [7, 11) is 1.28. The lowest BCUT2D eigenvalue weighted by Gasteiger charge is -2.19. The number of nitrogens with zero attached hydrogens (tertiary/aromatic N) is 1. The van der Waals surface area contributed by atoms with E-state index in [1.165, 1.54) is 17.7 Å². The van der Waals surface area contributed by atoms with Gasteiger partial charge in [0.1, 0.15) is 0 Å². The molecule has 0 radical (unpaired) electrons. The molecule has 0 aliphatic heterocycles. The van der Waals surface area contributed by atoms with Crippen LogP contribution in [0.3, 0.4) is 0 Å². The van der Waals surface area contributed by atoms with Crippen LogP contribution in [0.25, 0.3) is 11.0 Å². The molecule has 0 saturated heterocycles. The van der Waals surface area contributed by atoms with Crippen LogP contribution in [0.15, 0.2) is 47.3 Å². The van der Waals surface area contributed by atoms with E-state index in [-0.39, 0.29) is 5.52 Å². The first-order valence-electron chi connectivity index (χ1n) is 8.27. The fraction of sp³-hybridized carbons (Fsp3) is 0.263. The van der Waals surface area contributed by atoms with Gasteiger partial charge in [0, 0.05) is 0 Å². The molecule has 0 unspecified atom stereocenters. The van der Waals surface area contributed by atoms with Gasteiger partial charge >= 0.3 is 17.8 Å². The first kappa shape index (κ1) is 17.4. The van der Waals surface area contributed by atoms with Crippen molar-refractivity contribution in [1.29, 1.82) is 0 Å². The summed E-state index contributed by atoms with van der Waals surface area (Å²) in [6.07, 6.45) is -3.20. The number of fused-ring (bicyclic) bond motifs is 1. The van der Waals surface area contributed by atoms with E-state index in [2.05, 4.69) is 4.98 Å². The molecular formula is C19H15F3N2O3. The van der Waals surface area contributed by atoms with Crippen molar-refractivity contribution in [3.63, 3.8) is 0 Å². The lowest BCUT2D eigenvalue weighted by Crippen LogP contribution is -2.29. The van der Waals surface area contributed by atoms with Crippen LogP contribution in [-0.2, 0) is 16.5 Å². The van der Waals surface area contributed by atoms with Crippen molar-refractivity contribution in [2.24, 2.45) is 0 Å². The van der Waals surface area contributed by atoms with E-state index in [9.17, 15) is 22.8 Å². The van der Waals surface area contributed by atoms with Crippen LogP contribution in [0.2, 0.25) is 0 Å². The maximum Gasteiger partial charge on any atom is 0.416 e. The van der Waals surface area contributed by atoms with E-state index in [0.29, 0.717) is 23.9 Å². The van der Waals surface area contributed by atoms with Gasteiger partial charge in [-0.15, -0.1) is 0 Å². The highest BCUT2D eigenvalue weighted by atomic mass is 19.4. The maximum atomic E-state index is 12.9. The zero-order valence-electron chi connectivity index (χ0n) is 14.3. The number of imidazole rings is 1. The molecule has 0 spiro atoms. The molecule has 0 atom stereocenters. The Bertz CT molecular complexity index is 1110. The Morgan fingerprint density at radius 2 is 1.93 bits per heavy atom. The first-order valence-corrected chi connectivity index (χ1v) is 8.27. The van der Waals surface area contributed by atoms with Gasteiger partial charge in [0.25, 0.3) is 0 Å². The number of halogens is 3. The molecule has 1 fully saturated rings. The Morgan fingerprint density at radius 3 is 2.56 bits per heavy atom. The molecule has 0 bridgehead atoms. The highest BCUT2D eigenvalue weighted by Crippen LogP contribution is 2.50. The van der Waals surface area contributed by atoms with Crippen molar-refractivity contribution in [3.8, 4) is 0 Å². The van der Waals surface area contributed by atoms with E-state index in [0.717, 1.165) is 17.7 Å². The Balaban J connectivity index is 1.86. The van der Waals surface area contributed by atoms with Crippen molar-refractivity contribution < 1.29 is 22.7 Å². The number of ether oxygens (including phenoxy) is 1. The van der Waals surface area contributed by atoms with Gasteiger partial charge in [-0.1, -0.05) is 12.1 Å². The summed E-state index contributed by atoms with van der Waals surface area (Å²) in [4.78, 5) is 26.9. The van der Waals surface area contributed by atoms with Gasteiger partial charge in [0.15, 0.2) is 0 Å². The van der Waals surface area contributed by atoms with E-state index < -0.39 is 28.9 Å². The number of esters is 1. The Hall–Kier alpha value is -3.03. The normalized spacial score (nSPS) is 15.7. The fourth-order valence-electron chi connectivity index (χ4n) is 3.53. The van der Waals surface area contributed by atoms with Crippen LogP contribution >= 0.6 is 0 Å². The minimum absolute atomic E-state index is 0.130. The van der Waals surface area contributed by atoms with Crippen molar-refractivity contribution in [2.45, 2.75) is 24.6 Å². The quantitative estimate of drug-likeness (QED) is 0.710. The summed E-state index contributed by atoms with van der Waals surface area (Å²) in [6.45, 7) is 0. The third kappa shape index (κ3) is 2.72. The number of carbonyl (C=O) groups is 1. The van der Waals surface area contributed by atoms with Gasteiger partial charge < -0.3 is 9.72 Å². The number of methoxy groups -OCH3 is 1. The van der Waals surface area contributed by atoms with Gasteiger partial charge in [-0.3, -0.25) is 4.57 Å². The Kier molecular flexibility index (Phi) is 3.69. The number of carbonyl (C=O) groups excluding carboxylic acids is 1. The minimum Gasteiger partial charge on any atom is -0.465 e. The molecule has 3 aromatic rings. The molecule has 2 aromatic carbocycles. The molecule has 1 aliphatic carbocycles. The average molecular weight is 376 g/mol. The largest absolute Gasteiger partial charge is 0.465 e. The number of hydrogen-bond donors (Lipinski definition) is 1. The summed E-state index contributed by atoms with van der Waals surface area (Å²) in [5, 5.41) is 0. The van der Waals surface area contributed by atoms with E-state index in [1.807, 2.05) is 0 Å². The number of H-pyrrole nitrogens is 1. The number of nitrogens with one attached hydrogen (secondary N) is 1. The highest BCUT2D eigenvalue weighted by Gasteiger charge is 2.48. The molecule has 140 valence electrons. The fourth-order valence-corrected chi connectivity index (χ4v) is 3.53. The van der Waals surface area contributed by atoms with E-state index in [4.69, 9.17) is 4.74 Å². The molecule has 1 heterocycles. The maximum absolute atomic E-state index is 12.9. The number of benzene rings is 2. The molecule has 0 amide bonds. The van der Waals surface area contributed by atoms with Crippen LogP contribution < -0.4 is 5.69 Å². The first-order chi connectivity index (χ1) is 12.8. The average Bonchev–Trinajstić information content (AvgIpc) is 3.36. The standard InChI is InChI=1S/C19H15F3N2O3/c1-27-16(25)11-3-2-4-12(9-11)18(7-8-18)24-15-6-5-13(19(20,21)22)10-14(15)23-17(24)26/h2-6,9-10H,7-8H2,1H3,(H,23,26). The van der Waals surface area contributed by atoms with Crippen molar-refractivity contribution in [1.82, 2.24) is 9.55 Å². The highest BCUT2D eigenvalue weighted by molar-refractivity contribution is 5.89. The molecule has 1 aromatic heterocycles. The third-order valence-electron chi connectivity index (χ3n) is 4.98. The summed E-state index contributed by atoms with van der Waals surface area (Å²) >= 11 is 0. The van der Waals surface area contributed by atoms with E-state index >= 15 is 0 Å². The lowest BCUT2D eigenvalue weighted by atomic mass is 10.0. The summed E-state index contributed by atoms with van der Waals surface area (Å²) < 4.78 is 45.1. The van der Waals surface area contributed by atoms with Gasteiger partial charge in [-0.2, -0.15) is 13.2 Å². The number of rotatable bonds is 3. The summed E-state index contributed by atoms with van der Waals surface area (Å²) in [5.74, 6) is -0.492. The second kappa shape index (κ2) is 5.73. The Morgan fingerprint density at radius 1 is 1.19 bits per heavy atom. The molecule has 5 nitrogen and oxygen atoms in total. The summed E-state index contributed by atoms with van der Waals surface area (Å²) in [6, 6.07) is 9.98. The van der Waals surface area contributed by atoms with Crippen LogP contribution in [0.5, 0.6) is 0 Å². The topological polar surface area (TPSA) is 64.1 Å². The van der Waals surface area contributed by atoms with Crippen LogP contribution in [0.1, 0.15) is 34.3 Å². The van der Waals surface area contributed by atoms with Gasteiger partial charge in [-0.25, -0.2) is 9.59 Å². The van der Waals surface area contributed by atoms with E-state index in [1.54, 1.807) is 24.3 Å². The zero-order valence-corrected chi connectivity index (χ0v) is 14.3. The molecule has 8 heteroatoms. The monoisotopic (exact) mass is 376 g/mol. The molecule has 1 saturated carbocycles. The number of aromatic amines is 1. The second-order valence-electron chi connectivity index (χ2n) is 6.60. The van der Waals surface area contributed by atoms with Crippen LogP contribution in [0, 0.1) is 0 Å². The molecule has 4 rings (SSSR count). The van der Waals surface area contributed by atoms with Crippen LogP contribution in [-0.4, -0.2) is 22.6 Å². The smallest absolute Gasteiger partial charge is 0.416 e. The van der Waals surface area contributed by atoms with Crippen LogP contribution in [0.4, 0.5) is 13.2 Å². The number of hydrogen-bond acceptors (Lipinski definition) is 3. The SMILES string of the molecule is COC(=O)c1cccc(C2(n3c(=O)[nH]c4cc(C(F)(F)F)ccc43)CC2)c1. The van der Waals surface area contributed by atoms with Gasteiger partial charge in [-0.05, 0) is 48.7 Å². The molecule has 27 heavy (non-hydrogen) atoms. The Labute approximate surface area is 151 Å².